The van der Waals surface area contributed by atoms with Crippen molar-refractivity contribution in [3.63, 3.8) is 0 Å². The second-order valence-electron chi connectivity index (χ2n) is 6.31. The zero-order chi connectivity index (χ0) is 16.3. The van der Waals surface area contributed by atoms with E-state index in [0.29, 0.717) is 31.1 Å². The zero-order valence-corrected chi connectivity index (χ0v) is 13.4. The summed E-state index contributed by atoms with van der Waals surface area (Å²) in [5, 5.41) is 9.12. The Labute approximate surface area is 130 Å². The van der Waals surface area contributed by atoms with Crippen LogP contribution in [0.2, 0.25) is 0 Å². The number of piperazine rings is 1. The van der Waals surface area contributed by atoms with Gasteiger partial charge in [-0.3, -0.25) is 0 Å². The highest BCUT2D eigenvalue weighted by molar-refractivity contribution is 5.69. The smallest absolute Gasteiger partial charge is 0.410 e. The molecule has 1 fully saturated rings. The molecule has 2 rings (SSSR count). The molecular weight excluding hydrogens is 282 g/mol. The minimum atomic E-state index is -0.507. The van der Waals surface area contributed by atoms with Crippen molar-refractivity contribution in [1.82, 2.24) is 14.9 Å². The van der Waals surface area contributed by atoms with Crippen molar-refractivity contribution in [2.24, 2.45) is 0 Å². The molecule has 1 aliphatic heterocycles. The third-order valence-corrected chi connectivity index (χ3v) is 3.34. The van der Waals surface area contributed by atoms with E-state index in [-0.39, 0.29) is 12.1 Å². The maximum atomic E-state index is 12.2. The molecule has 7 heteroatoms. The van der Waals surface area contributed by atoms with Gasteiger partial charge in [-0.25, -0.2) is 14.8 Å². The lowest BCUT2D eigenvalue weighted by Crippen LogP contribution is -2.55. The summed E-state index contributed by atoms with van der Waals surface area (Å²) in [6, 6.07) is 2.02. The molecule has 0 saturated carbocycles. The van der Waals surface area contributed by atoms with Crippen molar-refractivity contribution >= 4 is 11.9 Å². The van der Waals surface area contributed by atoms with Crippen molar-refractivity contribution in [3.05, 3.63) is 18.1 Å². The molecule has 1 aromatic heterocycles. The predicted molar refractivity (Wildman–Crippen MR) is 81.4 cm³/mol. The highest BCUT2D eigenvalue weighted by atomic mass is 16.6. The lowest BCUT2D eigenvalue weighted by atomic mass is 10.2. The fourth-order valence-electron chi connectivity index (χ4n) is 2.38. The van der Waals surface area contributed by atoms with Crippen LogP contribution in [0.5, 0.6) is 0 Å². The molecule has 0 radical (unpaired) electrons. The molecule has 0 unspecified atom stereocenters. The van der Waals surface area contributed by atoms with E-state index in [4.69, 9.17) is 10.00 Å². The quantitative estimate of drug-likeness (QED) is 0.786. The number of hydrogen-bond donors (Lipinski definition) is 0. The molecule has 2 heterocycles. The summed E-state index contributed by atoms with van der Waals surface area (Å²) in [6.07, 6.45) is 2.77. The van der Waals surface area contributed by atoms with Crippen LogP contribution in [0.15, 0.2) is 12.4 Å². The predicted octanol–water partition coefficient (Wildman–Crippen LogP) is 1.79. The third-order valence-electron chi connectivity index (χ3n) is 3.34. The van der Waals surface area contributed by atoms with Crippen LogP contribution in [0, 0.1) is 11.3 Å². The summed E-state index contributed by atoms with van der Waals surface area (Å²) < 4.78 is 5.42. The molecule has 0 bridgehead atoms. The monoisotopic (exact) mass is 303 g/mol. The van der Waals surface area contributed by atoms with E-state index in [1.54, 1.807) is 11.1 Å². The van der Waals surface area contributed by atoms with Crippen molar-refractivity contribution in [3.8, 4) is 6.07 Å². The zero-order valence-electron chi connectivity index (χ0n) is 13.4. The van der Waals surface area contributed by atoms with Gasteiger partial charge in [0.25, 0.3) is 0 Å². The van der Waals surface area contributed by atoms with E-state index in [2.05, 4.69) is 16.0 Å². The molecule has 0 spiro atoms. The lowest BCUT2D eigenvalue weighted by Gasteiger charge is -2.40. The minimum Gasteiger partial charge on any atom is -0.444 e. The highest BCUT2D eigenvalue weighted by Gasteiger charge is 2.32. The van der Waals surface area contributed by atoms with Gasteiger partial charge in [0, 0.05) is 38.1 Å². The highest BCUT2D eigenvalue weighted by Crippen LogP contribution is 2.20. The number of nitriles is 1. The molecule has 0 aliphatic carbocycles. The Kier molecular flexibility index (Phi) is 4.50. The Morgan fingerprint density at radius 1 is 1.36 bits per heavy atom. The molecule has 1 amide bonds. The molecule has 118 valence electrons. The molecule has 1 aliphatic rings. The maximum Gasteiger partial charge on any atom is 0.410 e. The normalized spacial score (nSPS) is 18.8. The number of anilines is 1. The van der Waals surface area contributed by atoms with Gasteiger partial charge in [0.2, 0.25) is 0 Å². The van der Waals surface area contributed by atoms with Gasteiger partial charge in [0.05, 0.1) is 0 Å². The van der Waals surface area contributed by atoms with Crippen LogP contribution in [-0.4, -0.2) is 52.2 Å². The fourth-order valence-corrected chi connectivity index (χ4v) is 2.38. The first kappa shape index (κ1) is 16.0. The van der Waals surface area contributed by atoms with Gasteiger partial charge < -0.3 is 14.5 Å². The Morgan fingerprint density at radius 3 is 2.64 bits per heavy atom. The lowest BCUT2D eigenvalue weighted by molar-refractivity contribution is 0.0158. The number of ether oxygens (including phenoxy) is 1. The molecule has 0 N–H and O–H groups in total. The number of nitrogens with zero attached hydrogens (tertiary/aromatic N) is 5. The van der Waals surface area contributed by atoms with Crippen LogP contribution >= 0.6 is 0 Å². The third kappa shape index (κ3) is 3.64. The van der Waals surface area contributed by atoms with Gasteiger partial charge in [-0.15, -0.1) is 0 Å². The second-order valence-corrected chi connectivity index (χ2v) is 6.31. The number of aromatic nitrogens is 2. The number of rotatable bonds is 1. The standard InChI is InChI=1S/C15H21N5O2/c1-11-10-19(13-12(9-16)17-5-6-18-13)7-8-20(11)14(21)22-15(2,3)4/h5-6,11H,7-8,10H2,1-4H3/t11-/m1/s1. The van der Waals surface area contributed by atoms with E-state index in [1.165, 1.54) is 6.20 Å². The topological polar surface area (TPSA) is 82.4 Å². The average Bonchev–Trinajstić information content (AvgIpc) is 2.45. The van der Waals surface area contributed by atoms with Crippen LogP contribution in [0.3, 0.4) is 0 Å². The van der Waals surface area contributed by atoms with Gasteiger partial charge in [-0.1, -0.05) is 0 Å². The first-order valence-corrected chi connectivity index (χ1v) is 7.27. The van der Waals surface area contributed by atoms with Crippen LogP contribution in [0.1, 0.15) is 33.4 Å². The first-order chi connectivity index (χ1) is 10.3. The van der Waals surface area contributed by atoms with Gasteiger partial charge in [-0.05, 0) is 27.7 Å². The fraction of sp³-hybridized carbons (Fsp3) is 0.600. The molecular formula is C15H21N5O2. The number of hydrogen-bond acceptors (Lipinski definition) is 6. The van der Waals surface area contributed by atoms with Crippen LogP contribution in [0.25, 0.3) is 0 Å². The summed E-state index contributed by atoms with van der Waals surface area (Å²) >= 11 is 0. The van der Waals surface area contributed by atoms with Crippen molar-refractivity contribution in [1.29, 1.82) is 5.26 Å². The first-order valence-electron chi connectivity index (χ1n) is 7.27. The second kappa shape index (κ2) is 6.18. The van der Waals surface area contributed by atoms with Gasteiger partial charge in [0.15, 0.2) is 11.5 Å². The summed E-state index contributed by atoms with van der Waals surface area (Å²) in [7, 11) is 0. The van der Waals surface area contributed by atoms with E-state index < -0.39 is 5.60 Å². The summed E-state index contributed by atoms with van der Waals surface area (Å²) in [6.45, 7) is 9.22. The van der Waals surface area contributed by atoms with Crippen LogP contribution < -0.4 is 4.90 Å². The molecule has 7 nitrogen and oxygen atoms in total. The maximum absolute atomic E-state index is 12.2. The van der Waals surface area contributed by atoms with E-state index >= 15 is 0 Å². The molecule has 0 aromatic carbocycles. The molecule has 22 heavy (non-hydrogen) atoms. The Balaban J connectivity index is 2.07. The average molecular weight is 303 g/mol. The summed E-state index contributed by atoms with van der Waals surface area (Å²) in [5.41, 5.74) is -0.201. The van der Waals surface area contributed by atoms with Gasteiger partial charge in [0.1, 0.15) is 11.7 Å². The van der Waals surface area contributed by atoms with E-state index in [0.717, 1.165) is 0 Å². The van der Waals surface area contributed by atoms with Crippen LogP contribution in [-0.2, 0) is 4.74 Å². The minimum absolute atomic E-state index is 0.0304. The Morgan fingerprint density at radius 2 is 2.05 bits per heavy atom. The molecule has 1 atom stereocenters. The number of amides is 1. The number of carbonyl (C=O) groups excluding carboxylic acids is 1. The molecule has 1 aromatic rings. The summed E-state index contributed by atoms with van der Waals surface area (Å²) in [4.78, 5) is 24.2. The summed E-state index contributed by atoms with van der Waals surface area (Å²) in [5.74, 6) is 0.570. The molecule has 1 saturated heterocycles. The SMILES string of the molecule is C[C@@H]1CN(c2nccnc2C#N)CCN1C(=O)OC(C)(C)C. The van der Waals surface area contributed by atoms with Crippen molar-refractivity contribution in [2.45, 2.75) is 39.3 Å². The van der Waals surface area contributed by atoms with E-state index in [9.17, 15) is 4.79 Å². The Bertz CT molecular complexity index is 590. The Hall–Kier alpha value is -2.36. The van der Waals surface area contributed by atoms with Crippen molar-refractivity contribution < 1.29 is 9.53 Å². The van der Waals surface area contributed by atoms with E-state index in [1.807, 2.05) is 32.6 Å². The largest absolute Gasteiger partial charge is 0.444 e. The van der Waals surface area contributed by atoms with Crippen LogP contribution in [0.4, 0.5) is 10.6 Å². The number of carbonyl (C=O) groups is 1. The van der Waals surface area contributed by atoms with Crippen molar-refractivity contribution in [2.75, 3.05) is 24.5 Å². The van der Waals surface area contributed by atoms with Gasteiger partial charge in [-0.2, -0.15) is 5.26 Å². The van der Waals surface area contributed by atoms with Gasteiger partial charge >= 0.3 is 6.09 Å².